The molecular weight excluding hydrogens is 513 g/mol. The van der Waals surface area contributed by atoms with Gasteiger partial charge in [0.25, 0.3) is 0 Å². The Hall–Kier alpha value is -1.15. The molecule has 1 aromatic heterocycles. The molecule has 4 atom stereocenters. The monoisotopic (exact) mass is 536 g/mol. The maximum Gasteiger partial charge on any atom is 0.466 e. The smallest absolute Gasteiger partial charge is 0.394 e. The Morgan fingerprint density at radius 3 is 1.62 bits per heavy atom. The first-order chi connectivity index (χ1) is 14.0. The van der Waals surface area contributed by atoms with Crippen LogP contribution in [0.25, 0.3) is 0 Å². The lowest BCUT2D eigenvalue weighted by atomic mass is 10.1. The van der Waals surface area contributed by atoms with Crippen LogP contribution in [0.3, 0.4) is 0 Å². The van der Waals surface area contributed by atoms with Crippen LogP contribution in [-0.2, 0) is 18.4 Å². The molecule has 0 saturated carbocycles. The van der Waals surface area contributed by atoms with E-state index in [9.17, 15) is 9.90 Å². The number of ether oxygens (including phenoxy) is 1. The van der Waals surface area contributed by atoms with Crippen LogP contribution < -0.4 is 17.2 Å². The second-order valence-corrected chi connectivity index (χ2v) is 8.48. The molecule has 1 aliphatic heterocycles. The third-order valence-electron chi connectivity index (χ3n) is 2.72. The van der Waals surface area contributed by atoms with Gasteiger partial charge in [-0.2, -0.15) is 4.98 Å². The summed E-state index contributed by atoms with van der Waals surface area (Å²) in [5.74, 6) is 0.0945. The maximum absolute atomic E-state index is 11.6. The average molecular weight is 536 g/mol. The van der Waals surface area contributed by atoms with Crippen LogP contribution in [0.1, 0.15) is 6.23 Å². The van der Waals surface area contributed by atoms with Gasteiger partial charge < -0.3 is 70.5 Å². The van der Waals surface area contributed by atoms with E-state index in [2.05, 4.69) is 4.98 Å². The van der Waals surface area contributed by atoms with Gasteiger partial charge in [0.1, 0.15) is 18.0 Å². The van der Waals surface area contributed by atoms with Crippen LogP contribution in [0.4, 0.5) is 5.82 Å². The number of rotatable bonds is 2. The molecule has 0 aromatic carbocycles. The van der Waals surface area contributed by atoms with Crippen molar-refractivity contribution in [3.05, 3.63) is 22.7 Å². The second kappa shape index (κ2) is 13.5. The summed E-state index contributed by atoms with van der Waals surface area (Å²) in [6, 6.07) is 0.617. The lowest BCUT2D eigenvalue weighted by Gasteiger charge is -2.17. The normalized spacial score (nSPS) is 23.0. The van der Waals surface area contributed by atoms with E-state index in [1.165, 1.54) is 12.3 Å². The Morgan fingerprint density at radius 1 is 0.969 bits per heavy atom. The molecule has 0 aliphatic carbocycles. The van der Waals surface area contributed by atoms with Gasteiger partial charge in [-0.05, 0) is 6.07 Å². The van der Waals surface area contributed by atoms with E-state index < -0.39 is 53.6 Å². The van der Waals surface area contributed by atoms with Gasteiger partial charge in [0.2, 0.25) is 0 Å². The highest BCUT2D eigenvalue weighted by molar-refractivity contribution is 7.45. The summed E-state index contributed by atoms with van der Waals surface area (Å²) in [5, 5.41) is 18.6. The number of hydrogen-bond donors (Lipinski definition) is 13. The number of aromatic nitrogens is 2. The molecule has 0 bridgehead atoms. The van der Waals surface area contributed by atoms with E-state index in [4.69, 9.17) is 79.0 Å². The third kappa shape index (κ3) is 19.5. The molecule has 23 heteroatoms. The van der Waals surface area contributed by atoms with Crippen LogP contribution in [0.5, 0.6) is 0 Å². The summed E-state index contributed by atoms with van der Waals surface area (Å²) in [4.78, 5) is 79.8. The van der Waals surface area contributed by atoms with E-state index in [0.717, 1.165) is 4.57 Å². The fourth-order valence-corrected chi connectivity index (χ4v) is 1.79. The van der Waals surface area contributed by atoms with E-state index >= 15 is 0 Å². The van der Waals surface area contributed by atoms with Crippen LogP contribution in [0.15, 0.2) is 17.1 Å². The van der Waals surface area contributed by atoms with Crippen molar-refractivity contribution in [2.75, 3.05) is 12.3 Å². The number of nitrogens with two attached hydrogens (primary N) is 2. The third-order valence-corrected chi connectivity index (χ3v) is 2.72. The molecule has 0 amide bonds. The highest BCUT2D eigenvalue weighted by Gasteiger charge is 2.42. The van der Waals surface area contributed by atoms with Crippen molar-refractivity contribution in [1.29, 1.82) is 0 Å². The number of phosphoric acid groups is 3. The maximum atomic E-state index is 11.6. The Bertz CT molecular complexity index is 821. The zero-order chi connectivity index (χ0) is 26.1. The Balaban J connectivity index is 0. The van der Waals surface area contributed by atoms with Gasteiger partial charge in [0, 0.05) is 6.20 Å². The molecule has 0 radical (unpaired) electrons. The van der Waals surface area contributed by atoms with Crippen LogP contribution >= 0.6 is 23.5 Å². The molecule has 2 heterocycles. The van der Waals surface area contributed by atoms with Crippen molar-refractivity contribution in [2.45, 2.75) is 24.5 Å². The molecule has 1 aromatic rings. The quantitative estimate of drug-likeness (QED) is 0.157. The van der Waals surface area contributed by atoms with E-state index in [0.29, 0.717) is 0 Å². The number of nitrogen functional groups attached to an aromatic ring is 1. The Morgan fingerprint density at radius 2 is 1.34 bits per heavy atom. The van der Waals surface area contributed by atoms with E-state index in [-0.39, 0.29) is 12.4 Å². The van der Waals surface area contributed by atoms with Gasteiger partial charge in [-0.25, -0.2) is 18.5 Å². The van der Waals surface area contributed by atoms with Gasteiger partial charge in [-0.1, -0.05) is 0 Å². The number of aliphatic hydroxyl groups excluding tert-OH is 2. The van der Waals surface area contributed by atoms with Crippen molar-refractivity contribution < 1.29 is 72.7 Å². The Kier molecular flexibility index (Phi) is 14.0. The van der Waals surface area contributed by atoms with Crippen molar-refractivity contribution in [3.8, 4) is 0 Å². The zero-order valence-corrected chi connectivity index (χ0v) is 18.2. The first-order valence-electron chi connectivity index (χ1n) is 7.44. The van der Waals surface area contributed by atoms with Gasteiger partial charge in [-0.3, -0.25) is 4.57 Å². The topological polar surface area (TPSA) is 370 Å². The van der Waals surface area contributed by atoms with Crippen molar-refractivity contribution in [1.82, 2.24) is 9.55 Å². The van der Waals surface area contributed by atoms with Crippen molar-refractivity contribution >= 4 is 29.3 Å². The molecule has 20 nitrogen and oxygen atoms in total. The molecule has 1 saturated heterocycles. The summed E-state index contributed by atoms with van der Waals surface area (Å²) in [7, 11) is -13.9. The predicted molar refractivity (Wildman–Crippen MR) is 101 cm³/mol. The Labute approximate surface area is 177 Å². The number of aliphatic hydroxyl groups is 2. The SMILES string of the molecule is Nc1ccn([C@@H]2O[C@H](CO)[C@@H](O)C2N)c(=O)n1.O=P(O)(O)O.O=P(O)(O)O.O=P(O)(O)O. The standard InChI is InChI=1S/C9H14N4O4.3H3O4P/c10-5-1-2-13(9(16)12-5)8-6(11)7(15)4(3-14)17-8;3*1-5(2,3)4/h1-2,4,6-8,14-15H,3,11H2,(H2,10,12,16);3*(H3,1,2,3,4)/t4-,6?,7-,8-;;;/m1.../s1. The molecule has 1 fully saturated rings. The van der Waals surface area contributed by atoms with Crippen molar-refractivity contribution in [3.63, 3.8) is 0 Å². The van der Waals surface area contributed by atoms with Crippen LogP contribution in [0, 0.1) is 0 Å². The molecular formula is C9H23N4O16P3. The van der Waals surface area contributed by atoms with Gasteiger partial charge >= 0.3 is 29.2 Å². The largest absolute Gasteiger partial charge is 0.466 e. The summed E-state index contributed by atoms with van der Waals surface area (Å²) in [6.45, 7) is -0.373. The van der Waals surface area contributed by atoms with Gasteiger partial charge in [0.15, 0.2) is 6.23 Å². The number of nitrogens with zero attached hydrogens (tertiary/aromatic N) is 2. The highest BCUT2D eigenvalue weighted by Crippen LogP contribution is 2.27. The van der Waals surface area contributed by atoms with Gasteiger partial charge in [0.05, 0.1) is 12.6 Å². The molecule has 0 spiro atoms. The minimum Gasteiger partial charge on any atom is -0.394 e. The second-order valence-electron chi connectivity index (χ2n) is 5.40. The van der Waals surface area contributed by atoms with E-state index in [1.807, 2.05) is 0 Å². The molecule has 2 rings (SSSR count). The van der Waals surface area contributed by atoms with Crippen LogP contribution in [0.2, 0.25) is 0 Å². The lowest BCUT2D eigenvalue weighted by molar-refractivity contribution is -0.0464. The van der Waals surface area contributed by atoms with Gasteiger partial charge in [-0.15, -0.1) is 0 Å². The molecule has 15 N–H and O–H groups in total. The first-order valence-corrected chi connectivity index (χ1v) is 12.1. The molecule has 1 unspecified atom stereocenters. The average Bonchev–Trinajstić information content (AvgIpc) is 2.78. The van der Waals surface area contributed by atoms with Crippen LogP contribution in [-0.4, -0.2) is 88.7 Å². The molecule has 190 valence electrons. The first kappa shape index (κ1) is 33.0. The highest BCUT2D eigenvalue weighted by atomic mass is 31.2. The fourth-order valence-electron chi connectivity index (χ4n) is 1.79. The molecule has 1 aliphatic rings. The number of hydrogen-bond acceptors (Lipinski definition) is 10. The number of anilines is 1. The zero-order valence-electron chi connectivity index (χ0n) is 15.5. The summed E-state index contributed by atoms with van der Waals surface area (Å²) in [6.07, 6.45) is -1.31. The molecule has 32 heavy (non-hydrogen) atoms. The minimum absolute atomic E-state index is 0.0945. The van der Waals surface area contributed by atoms with Crippen molar-refractivity contribution in [2.24, 2.45) is 5.73 Å². The summed E-state index contributed by atoms with van der Waals surface area (Å²) >= 11 is 0. The summed E-state index contributed by atoms with van der Waals surface area (Å²) < 4.78 is 33.1. The minimum atomic E-state index is -4.64. The fraction of sp³-hybridized carbons (Fsp3) is 0.556. The lowest BCUT2D eigenvalue weighted by Crippen LogP contribution is -2.42. The predicted octanol–water partition coefficient (Wildman–Crippen LogP) is -5.38. The summed E-state index contributed by atoms with van der Waals surface area (Å²) in [5.41, 5.74) is 10.5. The van der Waals surface area contributed by atoms with E-state index in [1.54, 1.807) is 0 Å².